The van der Waals surface area contributed by atoms with Gasteiger partial charge in [-0.2, -0.15) is 10.6 Å². The van der Waals surface area contributed by atoms with E-state index in [2.05, 4.69) is 16.5 Å². The van der Waals surface area contributed by atoms with E-state index in [1.54, 1.807) is 4.90 Å². The molecule has 1 aromatic carbocycles. The van der Waals surface area contributed by atoms with Crippen LogP contribution in [0.3, 0.4) is 0 Å². The molecule has 1 aliphatic heterocycles. The molecule has 0 bridgehead atoms. The number of carbonyl (C=O) groups is 1. The molecule has 3 aromatic rings. The molecule has 0 saturated carbocycles. The quantitative estimate of drug-likeness (QED) is 0.423. The van der Waals surface area contributed by atoms with Gasteiger partial charge in [0.15, 0.2) is 5.82 Å². The highest BCUT2D eigenvalue weighted by molar-refractivity contribution is 8.25. The number of para-hydroxylation sites is 1. The van der Waals surface area contributed by atoms with E-state index in [4.69, 9.17) is 16.5 Å². The number of benzene rings is 1. The van der Waals surface area contributed by atoms with Gasteiger partial charge < -0.3 is 20.9 Å². The zero-order valence-electron chi connectivity index (χ0n) is 17.0. The van der Waals surface area contributed by atoms with Crippen LogP contribution in [0, 0.1) is 0 Å². The summed E-state index contributed by atoms with van der Waals surface area (Å²) in [5, 5.41) is 1.02. The number of imidazole rings is 1. The Balaban J connectivity index is 1.52. The lowest BCUT2D eigenvalue weighted by Crippen LogP contribution is -2.55. The summed E-state index contributed by atoms with van der Waals surface area (Å²) >= 11 is 0. The summed E-state index contributed by atoms with van der Waals surface area (Å²) in [6, 6.07) is 7.21. The third-order valence-corrected chi connectivity index (χ3v) is 7.52. The number of amides is 2. The van der Waals surface area contributed by atoms with Crippen molar-refractivity contribution in [3.63, 3.8) is 0 Å². The van der Waals surface area contributed by atoms with Crippen molar-refractivity contribution >= 4 is 44.4 Å². The number of urea groups is 1. The zero-order chi connectivity index (χ0) is 21.5. The van der Waals surface area contributed by atoms with Crippen LogP contribution in [0.25, 0.3) is 21.9 Å². The van der Waals surface area contributed by atoms with Crippen LogP contribution in [0.1, 0.15) is 25.6 Å². The van der Waals surface area contributed by atoms with Gasteiger partial charge in [-0.25, -0.2) is 14.8 Å². The molecule has 3 heterocycles. The predicted molar refractivity (Wildman–Crippen MR) is 121 cm³/mol. The first-order valence-electron chi connectivity index (χ1n) is 10.1. The summed E-state index contributed by atoms with van der Waals surface area (Å²) in [5.41, 5.74) is 14.3. The molecule has 0 radical (unpaired) electrons. The standard InChI is InChI=1S/C20H28N6O3S/c1-2-16-24-17-18(14-7-3-4-8-15(14)23-19(17)21)26(16)10-6-5-9-25(20(22)27)13-11-30(28,29)12-13/h3-4,7-8,13,28-29H,2,5-6,9-12H2,1H3,(H2,21,23)(H2,22,27). The first-order valence-corrected chi connectivity index (χ1v) is 12.0. The fourth-order valence-electron chi connectivity index (χ4n) is 4.19. The van der Waals surface area contributed by atoms with E-state index in [9.17, 15) is 13.9 Å². The van der Waals surface area contributed by atoms with Gasteiger partial charge in [-0.3, -0.25) is 9.11 Å². The number of hydrogen-bond donors (Lipinski definition) is 4. The highest BCUT2D eigenvalue weighted by Crippen LogP contribution is 2.50. The Labute approximate surface area is 176 Å². The number of pyridine rings is 1. The Kier molecular flexibility index (Phi) is 5.48. The Morgan fingerprint density at radius 3 is 2.67 bits per heavy atom. The van der Waals surface area contributed by atoms with E-state index in [-0.39, 0.29) is 17.5 Å². The predicted octanol–water partition coefficient (Wildman–Crippen LogP) is 3.02. The average molecular weight is 433 g/mol. The Morgan fingerprint density at radius 1 is 1.27 bits per heavy atom. The number of hydrogen-bond acceptors (Lipinski definition) is 6. The lowest BCUT2D eigenvalue weighted by atomic mass is 10.2. The maximum Gasteiger partial charge on any atom is 0.315 e. The number of aromatic nitrogens is 3. The normalized spacial score (nSPS) is 17.2. The molecule has 1 fully saturated rings. The van der Waals surface area contributed by atoms with E-state index in [0.29, 0.717) is 12.4 Å². The molecule has 162 valence electrons. The SMILES string of the molecule is CCc1nc2c(N)nc3ccccc3c2n1CCCCN(C(N)=O)C1CS(O)(O)C1. The molecule has 0 spiro atoms. The van der Waals surface area contributed by atoms with Crippen LogP contribution in [0.15, 0.2) is 24.3 Å². The molecule has 9 nitrogen and oxygen atoms in total. The number of primary amides is 1. The van der Waals surface area contributed by atoms with Gasteiger partial charge in [0, 0.05) is 24.9 Å². The van der Waals surface area contributed by atoms with Crippen LogP contribution in [0.5, 0.6) is 0 Å². The van der Waals surface area contributed by atoms with E-state index < -0.39 is 16.6 Å². The Morgan fingerprint density at radius 2 is 2.00 bits per heavy atom. The molecular formula is C20H28N6O3S. The van der Waals surface area contributed by atoms with E-state index in [0.717, 1.165) is 53.6 Å². The number of nitrogens with two attached hydrogens (primary N) is 2. The molecule has 6 N–H and O–H groups in total. The third-order valence-electron chi connectivity index (χ3n) is 5.68. The summed E-state index contributed by atoms with van der Waals surface area (Å²) in [7, 11) is -2.51. The highest BCUT2D eigenvalue weighted by atomic mass is 32.3. The third kappa shape index (κ3) is 3.78. The van der Waals surface area contributed by atoms with Gasteiger partial charge in [0.1, 0.15) is 11.3 Å². The van der Waals surface area contributed by atoms with Crippen LogP contribution in [-0.4, -0.2) is 58.7 Å². The first-order chi connectivity index (χ1) is 14.3. The van der Waals surface area contributed by atoms with Crippen molar-refractivity contribution in [2.24, 2.45) is 5.73 Å². The summed E-state index contributed by atoms with van der Waals surface area (Å²) < 4.78 is 21.4. The van der Waals surface area contributed by atoms with Crippen molar-refractivity contribution in [2.75, 3.05) is 23.8 Å². The van der Waals surface area contributed by atoms with Crippen molar-refractivity contribution < 1.29 is 13.9 Å². The fraction of sp³-hybridized carbons (Fsp3) is 0.450. The lowest BCUT2D eigenvalue weighted by molar-refractivity contribution is 0.185. The maximum atomic E-state index is 11.8. The van der Waals surface area contributed by atoms with Gasteiger partial charge >= 0.3 is 6.03 Å². The second-order valence-corrected chi connectivity index (χ2v) is 10.0. The molecule has 4 rings (SSSR count). The summed E-state index contributed by atoms with van der Waals surface area (Å²) in [4.78, 5) is 22.6. The van der Waals surface area contributed by atoms with Gasteiger partial charge in [-0.1, -0.05) is 25.1 Å². The van der Waals surface area contributed by atoms with Crippen LogP contribution in [0.4, 0.5) is 10.6 Å². The summed E-state index contributed by atoms with van der Waals surface area (Å²) in [6.07, 6.45) is 2.34. The van der Waals surface area contributed by atoms with Crippen molar-refractivity contribution in [1.82, 2.24) is 19.4 Å². The van der Waals surface area contributed by atoms with Gasteiger partial charge in [-0.15, -0.1) is 0 Å². The maximum absolute atomic E-state index is 11.8. The molecule has 0 unspecified atom stereocenters. The number of rotatable bonds is 7. The number of aryl methyl sites for hydroxylation is 2. The summed E-state index contributed by atoms with van der Waals surface area (Å²) in [6.45, 7) is 3.29. The fourth-order valence-corrected chi connectivity index (χ4v) is 5.68. The smallest absolute Gasteiger partial charge is 0.315 e. The van der Waals surface area contributed by atoms with E-state index >= 15 is 0 Å². The molecule has 2 amide bonds. The van der Waals surface area contributed by atoms with Crippen LogP contribution < -0.4 is 11.5 Å². The van der Waals surface area contributed by atoms with Crippen molar-refractivity contribution in [2.45, 2.75) is 38.8 Å². The molecule has 0 aliphatic carbocycles. The number of unbranched alkanes of at least 4 members (excludes halogenated alkanes) is 1. The molecule has 1 aliphatic rings. The number of nitrogens with zero attached hydrogens (tertiary/aromatic N) is 4. The second-order valence-electron chi connectivity index (χ2n) is 7.77. The minimum absolute atomic E-state index is 0.178. The van der Waals surface area contributed by atoms with Gasteiger partial charge in [0.05, 0.1) is 28.6 Å². The first kappa shape index (κ1) is 20.7. The molecule has 0 atom stereocenters. The largest absolute Gasteiger partial charge is 0.382 e. The van der Waals surface area contributed by atoms with Crippen LogP contribution in [-0.2, 0) is 13.0 Å². The molecule has 2 aromatic heterocycles. The number of anilines is 1. The van der Waals surface area contributed by atoms with E-state index in [1.165, 1.54) is 0 Å². The average Bonchev–Trinajstić information content (AvgIpc) is 3.05. The van der Waals surface area contributed by atoms with Gasteiger partial charge in [0.25, 0.3) is 0 Å². The minimum atomic E-state index is -2.51. The van der Waals surface area contributed by atoms with Gasteiger partial charge in [0.2, 0.25) is 0 Å². The zero-order valence-corrected chi connectivity index (χ0v) is 17.8. The van der Waals surface area contributed by atoms with Gasteiger partial charge in [-0.05, 0) is 18.9 Å². The van der Waals surface area contributed by atoms with E-state index in [1.807, 2.05) is 24.3 Å². The number of carbonyl (C=O) groups excluding carboxylic acids is 1. The van der Waals surface area contributed by atoms with Crippen LogP contribution >= 0.6 is 10.6 Å². The number of nitrogen functional groups attached to an aromatic ring is 1. The Bertz CT molecular complexity index is 1090. The Hall–Kier alpha value is -2.56. The topological polar surface area (TPSA) is 144 Å². The second kappa shape index (κ2) is 7.93. The lowest BCUT2D eigenvalue weighted by Gasteiger charge is -2.50. The summed E-state index contributed by atoms with van der Waals surface area (Å²) in [5.74, 6) is 1.83. The minimum Gasteiger partial charge on any atom is -0.382 e. The molecular weight excluding hydrogens is 404 g/mol. The van der Waals surface area contributed by atoms with Crippen molar-refractivity contribution in [1.29, 1.82) is 0 Å². The van der Waals surface area contributed by atoms with Crippen molar-refractivity contribution in [3.05, 3.63) is 30.1 Å². The number of fused-ring (bicyclic) bond motifs is 3. The van der Waals surface area contributed by atoms with Crippen LogP contribution in [0.2, 0.25) is 0 Å². The molecule has 30 heavy (non-hydrogen) atoms. The molecule has 1 saturated heterocycles. The molecule has 10 heteroatoms. The highest BCUT2D eigenvalue weighted by Gasteiger charge is 2.39. The monoisotopic (exact) mass is 432 g/mol. The van der Waals surface area contributed by atoms with Crippen molar-refractivity contribution in [3.8, 4) is 0 Å².